The summed E-state index contributed by atoms with van der Waals surface area (Å²) < 4.78 is 0. The third-order valence-electron chi connectivity index (χ3n) is 6.03. The predicted octanol–water partition coefficient (Wildman–Crippen LogP) is 2.31. The van der Waals surface area contributed by atoms with Gasteiger partial charge in [-0.1, -0.05) is 12.1 Å². The highest BCUT2D eigenvalue weighted by molar-refractivity contribution is 5.80. The summed E-state index contributed by atoms with van der Waals surface area (Å²) in [4.78, 5) is 14.1. The van der Waals surface area contributed by atoms with Gasteiger partial charge in [0.05, 0.1) is 11.7 Å². The molecule has 4 heterocycles. The number of dihydropyridines is 1. The number of likely N-dealkylation sites (N-methyl/N-ethyl adjacent to an activating group) is 1. The number of nitrogen functional groups attached to an aromatic ring is 1. The van der Waals surface area contributed by atoms with Gasteiger partial charge in [-0.15, -0.1) is 0 Å². The van der Waals surface area contributed by atoms with Crippen LogP contribution in [-0.2, 0) is 0 Å². The molecular formula is C23H27N7. The number of hydrogen-bond acceptors (Lipinski definition) is 7. The van der Waals surface area contributed by atoms with E-state index in [-0.39, 0.29) is 12.1 Å². The van der Waals surface area contributed by atoms with Gasteiger partial charge in [0, 0.05) is 66.8 Å². The lowest BCUT2D eigenvalue weighted by atomic mass is 10.0. The number of nitrogens with zero attached hydrogens (tertiary/aromatic N) is 4. The van der Waals surface area contributed by atoms with Crippen LogP contribution in [0.5, 0.6) is 0 Å². The van der Waals surface area contributed by atoms with Gasteiger partial charge in [0.2, 0.25) is 5.95 Å². The molecule has 3 aliphatic heterocycles. The topological polar surface area (TPSA) is 96.3 Å². The van der Waals surface area contributed by atoms with Crippen molar-refractivity contribution in [1.82, 2.24) is 20.2 Å². The molecule has 0 aliphatic carbocycles. The van der Waals surface area contributed by atoms with Crippen molar-refractivity contribution in [2.45, 2.75) is 24.9 Å². The highest BCUT2D eigenvalue weighted by Gasteiger charge is 2.26. The molecule has 1 aromatic carbocycles. The molecule has 0 bridgehead atoms. The zero-order valence-electron chi connectivity index (χ0n) is 17.1. The van der Waals surface area contributed by atoms with Crippen molar-refractivity contribution < 1.29 is 0 Å². The first kappa shape index (κ1) is 18.7. The van der Waals surface area contributed by atoms with Crippen molar-refractivity contribution >= 4 is 17.3 Å². The summed E-state index contributed by atoms with van der Waals surface area (Å²) in [6.45, 7) is 1.77. The van der Waals surface area contributed by atoms with E-state index in [0.717, 1.165) is 60.1 Å². The van der Waals surface area contributed by atoms with Crippen LogP contribution in [0.3, 0.4) is 0 Å². The van der Waals surface area contributed by atoms with E-state index in [1.54, 1.807) is 0 Å². The molecule has 154 valence electrons. The summed E-state index contributed by atoms with van der Waals surface area (Å²) in [5, 5.41) is 3.62. The molecule has 5 rings (SSSR count). The van der Waals surface area contributed by atoms with E-state index in [1.807, 2.05) is 30.5 Å². The molecule has 7 nitrogen and oxygen atoms in total. The van der Waals surface area contributed by atoms with Gasteiger partial charge in [-0.3, -0.25) is 0 Å². The SMILES string of the molecule is CN1C=CC2NC(c3cnc(N4CCC(N)CC4)nc3-c3ccc(N)cc3)=CC=C21. The standard InChI is InChI=1S/C23H27N7/c1-29-11-10-20-21(29)7-6-19(27-20)18-14-26-23(30-12-8-17(25)9-13-30)28-22(18)15-2-4-16(24)5-3-15/h2-7,10-11,14,17,20,27H,8-9,12-13,24-25H2,1H3. The molecule has 1 fully saturated rings. The van der Waals surface area contributed by atoms with Crippen LogP contribution in [0.1, 0.15) is 18.4 Å². The highest BCUT2D eigenvalue weighted by atomic mass is 15.3. The minimum absolute atomic E-state index is 0.164. The average Bonchev–Trinajstić information content (AvgIpc) is 3.14. The first-order valence-corrected chi connectivity index (χ1v) is 10.4. The number of nitrogens with one attached hydrogen (secondary N) is 1. The normalized spacial score (nSPS) is 21.2. The lowest BCUT2D eigenvalue weighted by molar-refractivity contribution is 0.495. The van der Waals surface area contributed by atoms with E-state index in [2.05, 4.69) is 46.6 Å². The maximum Gasteiger partial charge on any atom is 0.225 e. The smallest absolute Gasteiger partial charge is 0.225 e. The monoisotopic (exact) mass is 401 g/mol. The third-order valence-corrected chi connectivity index (χ3v) is 6.03. The van der Waals surface area contributed by atoms with Crippen LogP contribution in [0.4, 0.5) is 11.6 Å². The van der Waals surface area contributed by atoms with E-state index >= 15 is 0 Å². The molecular weight excluding hydrogens is 374 g/mol. The van der Waals surface area contributed by atoms with Crippen LogP contribution in [0.25, 0.3) is 17.0 Å². The van der Waals surface area contributed by atoms with Crippen molar-refractivity contribution in [3.05, 3.63) is 66.2 Å². The molecule has 30 heavy (non-hydrogen) atoms. The zero-order chi connectivity index (χ0) is 20.7. The van der Waals surface area contributed by atoms with Gasteiger partial charge in [-0.2, -0.15) is 0 Å². The van der Waals surface area contributed by atoms with Crippen molar-refractivity contribution in [2.24, 2.45) is 5.73 Å². The Morgan fingerprint density at radius 1 is 1.10 bits per heavy atom. The number of fused-ring (bicyclic) bond motifs is 1. The van der Waals surface area contributed by atoms with Gasteiger partial charge in [0.25, 0.3) is 0 Å². The lowest BCUT2D eigenvalue weighted by Crippen LogP contribution is -2.40. The van der Waals surface area contributed by atoms with Crippen molar-refractivity contribution in [2.75, 3.05) is 30.8 Å². The summed E-state index contributed by atoms with van der Waals surface area (Å²) >= 11 is 0. The second kappa shape index (κ2) is 7.50. The first-order chi connectivity index (χ1) is 14.6. The number of benzene rings is 1. The number of nitrogens with two attached hydrogens (primary N) is 2. The molecule has 7 heteroatoms. The summed E-state index contributed by atoms with van der Waals surface area (Å²) in [7, 11) is 2.06. The van der Waals surface area contributed by atoms with Crippen LogP contribution in [0.2, 0.25) is 0 Å². The Hall–Kier alpha value is -3.32. The number of rotatable bonds is 3. The van der Waals surface area contributed by atoms with Gasteiger partial charge in [-0.05, 0) is 43.2 Å². The van der Waals surface area contributed by atoms with Crippen LogP contribution >= 0.6 is 0 Å². The Morgan fingerprint density at radius 2 is 1.87 bits per heavy atom. The van der Waals surface area contributed by atoms with E-state index in [0.29, 0.717) is 0 Å². The fourth-order valence-electron chi connectivity index (χ4n) is 4.20. The van der Waals surface area contributed by atoms with Crippen molar-refractivity contribution in [1.29, 1.82) is 0 Å². The second-order valence-electron chi connectivity index (χ2n) is 8.13. The molecule has 0 saturated carbocycles. The van der Waals surface area contributed by atoms with Crippen LogP contribution in [0.15, 0.2) is 60.6 Å². The molecule has 5 N–H and O–H groups in total. The minimum Gasteiger partial charge on any atom is -0.399 e. The zero-order valence-corrected chi connectivity index (χ0v) is 17.1. The number of aromatic nitrogens is 2. The summed E-state index contributed by atoms with van der Waals surface area (Å²) in [6, 6.07) is 8.30. The van der Waals surface area contributed by atoms with Gasteiger partial charge in [0.15, 0.2) is 0 Å². The molecule has 0 radical (unpaired) electrons. The van der Waals surface area contributed by atoms with Crippen molar-refractivity contribution in [3.8, 4) is 11.3 Å². The third kappa shape index (κ3) is 3.41. The number of hydrogen-bond donors (Lipinski definition) is 3. The number of piperidine rings is 1. The van der Waals surface area contributed by atoms with Gasteiger partial charge in [0.1, 0.15) is 0 Å². The molecule has 1 atom stereocenters. The Bertz CT molecular complexity index is 1030. The van der Waals surface area contributed by atoms with Crippen LogP contribution in [0, 0.1) is 0 Å². The lowest BCUT2D eigenvalue weighted by Gasteiger charge is -2.31. The predicted molar refractivity (Wildman–Crippen MR) is 121 cm³/mol. The summed E-state index contributed by atoms with van der Waals surface area (Å²) in [5.74, 6) is 0.755. The Morgan fingerprint density at radius 3 is 2.63 bits per heavy atom. The van der Waals surface area contributed by atoms with E-state index in [1.165, 1.54) is 5.70 Å². The van der Waals surface area contributed by atoms with E-state index in [4.69, 9.17) is 21.4 Å². The largest absolute Gasteiger partial charge is 0.399 e. The number of anilines is 2. The van der Waals surface area contributed by atoms with E-state index in [9.17, 15) is 0 Å². The fraction of sp³-hybridized carbons (Fsp3) is 0.304. The molecule has 1 saturated heterocycles. The molecule has 1 aromatic heterocycles. The minimum atomic E-state index is 0.164. The average molecular weight is 402 g/mol. The quantitative estimate of drug-likeness (QED) is 0.679. The van der Waals surface area contributed by atoms with Gasteiger partial charge in [-0.25, -0.2) is 9.97 Å². The summed E-state index contributed by atoms with van der Waals surface area (Å²) in [5.41, 5.74) is 17.9. The molecule has 1 unspecified atom stereocenters. The van der Waals surface area contributed by atoms with Crippen molar-refractivity contribution in [3.63, 3.8) is 0 Å². The first-order valence-electron chi connectivity index (χ1n) is 10.4. The maximum absolute atomic E-state index is 6.07. The molecule has 0 spiro atoms. The maximum atomic E-state index is 6.07. The summed E-state index contributed by atoms with van der Waals surface area (Å²) in [6.07, 6.45) is 12.4. The molecule has 0 amide bonds. The van der Waals surface area contributed by atoms with Gasteiger partial charge < -0.3 is 26.6 Å². The molecule has 3 aliphatic rings. The fourth-order valence-corrected chi connectivity index (χ4v) is 4.20. The van der Waals surface area contributed by atoms with E-state index < -0.39 is 0 Å². The Kier molecular flexibility index (Phi) is 4.67. The Labute approximate surface area is 176 Å². The number of allylic oxidation sites excluding steroid dienone is 2. The van der Waals surface area contributed by atoms with Crippen LogP contribution in [-0.4, -0.2) is 47.1 Å². The Balaban J connectivity index is 1.55. The van der Waals surface area contributed by atoms with Crippen LogP contribution < -0.4 is 21.7 Å². The molecule has 2 aromatic rings. The highest BCUT2D eigenvalue weighted by Crippen LogP contribution is 2.32. The van der Waals surface area contributed by atoms with Gasteiger partial charge >= 0.3 is 0 Å². The second-order valence-corrected chi connectivity index (χ2v) is 8.13.